The standard InChI is InChI=1S/C20H18F3N3O2/c1-13-5-7-17(18(10-13)20(21,22)23)14(2)26-12-15(11-24-26)25-19(27)8-6-16-4-3-9-28-16/h3-12,14H,1-2H3,(H,25,27)/b8-6+/t14-/m0/s1. The van der Waals surface area contributed by atoms with Crippen LogP contribution in [0.1, 0.15) is 35.4 Å². The van der Waals surface area contributed by atoms with Gasteiger partial charge in [0, 0.05) is 12.3 Å². The van der Waals surface area contributed by atoms with E-state index in [9.17, 15) is 18.0 Å². The number of nitrogens with one attached hydrogen (secondary N) is 1. The molecule has 0 saturated carbocycles. The number of furan rings is 1. The van der Waals surface area contributed by atoms with Crippen LogP contribution in [0.2, 0.25) is 0 Å². The number of carbonyl (C=O) groups excluding carboxylic acids is 1. The van der Waals surface area contributed by atoms with E-state index in [1.54, 1.807) is 32.0 Å². The van der Waals surface area contributed by atoms with Gasteiger partial charge in [-0.25, -0.2) is 0 Å². The molecule has 5 nitrogen and oxygen atoms in total. The largest absolute Gasteiger partial charge is 0.465 e. The van der Waals surface area contributed by atoms with E-state index >= 15 is 0 Å². The highest BCUT2D eigenvalue weighted by molar-refractivity contribution is 6.01. The molecule has 1 N–H and O–H groups in total. The molecule has 0 aliphatic rings. The van der Waals surface area contributed by atoms with Crippen molar-refractivity contribution in [1.82, 2.24) is 9.78 Å². The van der Waals surface area contributed by atoms with Crippen LogP contribution < -0.4 is 5.32 Å². The first-order chi connectivity index (χ1) is 13.2. The third kappa shape index (κ3) is 4.51. The smallest absolute Gasteiger partial charge is 0.416 e. The number of benzene rings is 1. The summed E-state index contributed by atoms with van der Waals surface area (Å²) in [5.74, 6) is 0.119. The van der Waals surface area contributed by atoms with E-state index in [0.717, 1.165) is 6.07 Å². The van der Waals surface area contributed by atoms with Crippen molar-refractivity contribution in [3.05, 3.63) is 77.5 Å². The summed E-state index contributed by atoms with van der Waals surface area (Å²) in [7, 11) is 0. The predicted octanol–water partition coefficient (Wildman–Crippen LogP) is 5.06. The maximum Gasteiger partial charge on any atom is 0.416 e. The molecule has 8 heteroatoms. The highest BCUT2D eigenvalue weighted by Gasteiger charge is 2.35. The summed E-state index contributed by atoms with van der Waals surface area (Å²) in [6, 6.07) is 6.94. The highest BCUT2D eigenvalue weighted by atomic mass is 19.4. The van der Waals surface area contributed by atoms with Crippen LogP contribution in [0.3, 0.4) is 0 Å². The lowest BCUT2D eigenvalue weighted by Gasteiger charge is -2.19. The SMILES string of the molecule is Cc1ccc([C@H](C)n2cc(NC(=O)/C=C/c3ccco3)cn2)c(C(F)(F)F)c1. The van der Waals surface area contributed by atoms with E-state index in [1.807, 2.05) is 0 Å². The molecule has 1 atom stereocenters. The number of nitrogens with zero attached hydrogens (tertiary/aromatic N) is 2. The van der Waals surface area contributed by atoms with Crippen LogP contribution in [0.4, 0.5) is 18.9 Å². The van der Waals surface area contributed by atoms with Crippen LogP contribution in [0.25, 0.3) is 6.08 Å². The third-order valence-corrected chi connectivity index (χ3v) is 4.17. The first-order valence-electron chi connectivity index (χ1n) is 8.48. The van der Waals surface area contributed by atoms with Crippen molar-refractivity contribution < 1.29 is 22.4 Å². The third-order valence-electron chi connectivity index (χ3n) is 4.17. The molecule has 0 unspecified atom stereocenters. The van der Waals surface area contributed by atoms with E-state index < -0.39 is 23.7 Å². The number of carbonyl (C=O) groups is 1. The van der Waals surface area contributed by atoms with E-state index in [0.29, 0.717) is 17.0 Å². The number of rotatable bonds is 5. The van der Waals surface area contributed by atoms with Gasteiger partial charge in [0.05, 0.1) is 29.8 Å². The van der Waals surface area contributed by atoms with Gasteiger partial charge in [0.15, 0.2) is 0 Å². The lowest BCUT2D eigenvalue weighted by Crippen LogP contribution is -2.16. The van der Waals surface area contributed by atoms with Gasteiger partial charge in [0.25, 0.3) is 0 Å². The number of anilines is 1. The molecule has 0 fully saturated rings. The highest BCUT2D eigenvalue weighted by Crippen LogP contribution is 2.36. The zero-order valence-electron chi connectivity index (χ0n) is 15.2. The molecule has 0 bridgehead atoms. The number of amides is 1. The average Bonchev–Trinajstić information content (AvgIpc) is 3.30. The predicted molar refractivity (Wildman–Crippen MR) is 98.6 cm³/mol. The lowest BCUT2D eigenvalue weighted by molar-refractivity contribution is -0.138. The van der Waals surface area contributed by atoms with Gasteiger partial charge in [-0.3, -0.25) is 9.48 Å². The van der Waals surface area contributed by atoms with Crippen molar-refractivity contribution in [2.45, 2.75) is 26.1 Å². The van der Waals surface area contributed by atoms with Crippen LogP contribution in [0.5, 0.6) is 0 Å². The Morgan fingerprint density at radius 3 is 2.79 bits per heavy atom. The molecule has 28 heavy (non-hydrogen) atoms. The summed E-state index contributed by atoms with van der Waals surface area (Å²) in [6.07, 6.45) is 2.70. The number of hydrogen-bond acceptors (Lipinski definition) is 3. The zero-order chi connectivity index (χ0) is 20.3. The molecule has 146 valence electrons. The molecule has 2 aromatic heterocycles. The Bertz CT molecular complexity index is 989. The number of halogens is 3. The monoisotopic (exact) mass is 389 g/mol. The first kappa shape index (κ1) is 19.5. The van der Waals surface area contributed by atoms with Crippen molar-refractivity contribution >= 4 is 17.7 Å². The number of aryl methyl sites for hydroxylation is 1. The summed E-state index contributed by atoms with van der Waals surface area (Å²) >= 11 is 0. The Kier molecular flexibility index (Phi) is 5.39. The average molecular weight is 389 g/mol. The fraction of sp³-hybridized carbons (Fsp3) is 0.200. The Labute approximate surface area is 159 Å². The molecule has 1 aromatic carbocycles. The molecule has 1 amide bonds. The number of hydrogen-bond donors (Lipinski definition) is 1. The van der Waals surface area contributed by atoms with Crippen molar-refractivity contribution in [3.63, 3.8) is 0 Å². The summed E-state index contributed by atoms with van der Waals surface area (Å²) in [5, 5.41) is 6.71. The molecular formula is C20H18F3N3O2. The van der Waals surface area contributed by atoms with E-state index in [1.165, 1.54) is 41.6 Å². The van der Waals surface area contributed by atoms with E-state index in [-0.39, 0.29) is 5.56 Å². The fourth-order valence-corrected chi connectivity index (χ4v) is 2.76. The van der Waals surface area contributed by atoms with Crippen LogP contribution in [0.15, 0.2) is 59.5 Å². The van der Waals surface area contributed by atoms with Gasteiger partial charge < -0.3 is 9.73 Å². The summed E-state index contributed by atoms with van der Waals surface area (Å²) in [4.78, 5) is 12.0. The molecule has 3 aromatic rings. The Morgan fingerprint density at radius 2 is 2.11 bits per heavy atom. The Morgan fingerprint density at radius 1 is 1.32 bits per heavy atom. The molecule has 0 aliphatic carbocycles. The van der Waals surface area contributed by atoms with Crippen molar-refractivity contribution in [2.24, 2.45) is 0 Å². The van der Waals surface area contributed by atoms with Gasteiger partial charge in [-0.1, -0.05) is 17.7 Å². The minimum absolute atomic E-state index is 0.108. The van der Waals surface area contributed by atoms with Crippen molar-refractivity contribution in [1.29, 1.82) is 0 Å². The second kappa shape index (κ2) is 7.75. The summed E-state index contributed by atoms with van der Waals surface area (Å²) in [6.45, 7) is 3.23. The van der Waals surface area contributed by atoms with Crippen molar-refractivity contribution in [3.8, 4) is 0 Å². The zero-order valence-corrected chi connectivity index (χ0v) is 15.2. The summed E-state index contributed by atoms with van der Waals surface area (Å²) in [5.41, 5.74) is 0.320. The van der Waals surface area contributed by atoms with Gasteiger partial charge in [-0.2, -0.15) is 18.3 Å². The van der Waals surface area contributed by atoms with Crippen molar-refractivity contribution in [2.75, 3.05) is 5.32 Å². The fourth-order valence-electron chi connectivity index (χ4n) is 2.76. The van der Waals surface area contributed by atoms with Crippen LogP contribution in [-0.4, -0.2) is 15.7 Å². The Balaban J connectivity index is 1.76. The van der Waals surface area contributed by atoms with Gasteiger partial charge in [-0.15, -0.1) is 0 Å². The maximum absolute atomic E-state index is 13.4. The second-order valence-electron chi connectivity index (χ2n) is 6.31. The van der Waals surface area contributed by atoms with Crippen LogP contribution >= 0.6 is 0 Å². The van der Waals surface area contributed by atoms with E-state index in [2.05, 4.69) is 10.4 Å². The van der Waals surface area contributed by atoms with Gasteiger partial charge in [0.2, 0.25) is 5.91 Å². The molecular weight excluding hydrogens is 371 g/mol. The van der Waals surface area contributed by atoms with Gasteiger partial charge in [0.1, 0.15) is 5.76 Å². The minimum atomic E-state index is -4.46. The topological polar surface area (TPSA) is 60.1 Å². The van der Waals surface area contributed by atoms with E-state index in [4.69, 9.17) is 4.42 Å². The minimum Gasteiger partial charge on any atom is -0.465 e. The number of alkyl halides is 3. The van der Waals surface area contributed by atoms with Crippen LogP contribution in [0, 0.1) is 6.92 Å². The molecule has 0 spiro atoms. The molecule has 2 heterocycles. The Hall–Kier alpha value is -3.29. The first-order valence-corrected chi connectivity index (χ1v) is 8.48. The molecule has 3 rings (SSSR count). The molecule has 0 aliphatic heterocycles. The van der Waals surface area contributed by atoms with Crippen LogP contribution in [-0.2, 0) is 11.0 Å². The summed E-state index contributed by atoms with van der Waals surface area (Å²) < 4.78 is 46.6. The second-order valence-corrected chi connectivity index (χ2v) is 6.31. The molecule has 0 saturated heterocycles. The normalized spacial score (nSPS) is 13.0. The van der Waals surface area contributed by atoms with Gasteiger partial charge in [-0.05, 0) is 43.7 Å². The maximum atomic E-state index is 13.4. The van der Waals surface area contributed by atoms with Gasteiger partial charge >= 0.3 is 6.18 Å². The lowest BCUT2D eigenvalue weighted by atomic mass is 9.99. The number of aromatic nitrogens is 2. The quantitative estimate of drug-likeness (QED) is 0.620. The molecule has 0 radical (unpaired) electrons.